The molecule has 19 heavy (non-hydrogen) atoms. The Morgan fingerprint density at radius 2 is 2.16 bits per heavy atom. The van der Waals surface area contributed by atoms with Gasteiger partial charge in [-0.15, -0.1) is 5.10 Å². The number of nitrogens with zero attached hydrogens (tertiary/aromatic N) is 3. The third-order valence-corrected chi connectivity index (χ3v) is 2.79. The molecule has 2 heterocycles. The Kier molecular flexibility index (Phi) is 2.45. The smallest absolute Gasteiger partial charge is 0.364 e. The van der Waals surface area contributed by atoms with Crippen LogP contribution in [0.4, 0.5) is 5.69 Å². The highest BCUT2D eigenvalue weighted by Gasteiger charge is 2.07. The van der Waals surface area contributed by atoms with Gasteiger partial charge in [0.2, 0.25) is 5.88 Å². The largest absolute Gasteiger partial charge is 0.437 e. The molecule has 7 heteroatoms. The number of aromatic nitrogens is 4. The first-order valence-corrected chi connectivity index (χ1v) is 5.62. The average molecular weight is 257 g/mol. The molecule has 0 atom stereocenters. The van der Waals surface area contributed by atoms with E-state index < -0.39 is 5.69 Å². The fraction of sp³-hybridized carbons (Fsp3) is 0.0833. The van der Waals surface area contributed by atoms with Crippen LogP contribution in [0.15, 0.2) is 35.1 Å². The van der Waals surface area contributed by atoms with Crippen LogP contribution in [-0.2, 0) is 0 Å². The predicted molar refractivity (Wildman–Crippen MR) is 69.3 cm³/mol. The number of nitrogens with one attached hydrogen (secondary N) is 1. The van der Waals surface area contributed by atoms with E-state index in [9.17, 15) is 4.79 Å². The zero-order valence-corrected chi connectivity index (χ0v) is 10.1. The van der Waals surface area contributed by atoms with E-state index in [1.807, 2.05) is 6.92 Å². The molecule has 3 aromatic rings. The van der Waals surface area contributed by atoms with Gasteiger partial charge in [0.15, 0.2) is 5.65 Å². The van der Waals surface area contributed by atoms with Crippen molar-refractivity contribution in [1.29, 1.82) is 0 Å². The summed E-state index contributed by atoms with van der Waals surface area (Å²) in [5.41, 5.74) is 7.28. The van der Waals surface area contributed by atoms with E-state index in [1.165, 1.54) is 0 Å². The van der Waals surface area contributed by atoms with Crippen LogP contribution in [0.2, 0.25) is 0 Å². The number of ether oxygens (including phenoxy) is 1. The molecule has 96 valence electrons. The van der Waals surface area contributed by atoms with Crippen molar-refractivity contribution in [2.75, 3.05) is 5.73 Å². The van der Waals surface area contributed by atoms with Gasteiger partial charge in [-0.1, -0.05) is 6.07 Å². The van der Waals surface area contributed by atoms with Crippen LogP contribution >= 0.6 is 0 Å². The highest BCUT2D eigenvalue weighted by molar-refractivity contribution is 5.54. The number of aromatic amines is 1. The fourth-order valence-electron chi connectivity index (χ4n) is 1.70. The maximum absolute atomic E-state index is 11.4. The predicted octanol–water partition coefficient (Wildman–Crippen LogP) is 1.10. The number of nitrogen functional groups attached to an aromatic ring is 1. The summed E-state index contributed by atoms with van der Waals surface area (Å²) >= 11 is 0. The van der Waals surface area contributed by atoms with Crippen molar-refractivity contribution in [3.8, 4) is 11.6 Å². The van der Waals surface area contributed by atoms with Gasteiger partial charge < -0.3 is 10.5 Å². The second kappa shape index (κ2) is 4.13. The van der Waals surface area contributed by atoms with Gasteiger partial charge in [-0.25, -0.2) is 9.89 Å². The molecule has 3 rings (SSSR count). The Hall–Kier alpha value is -2.83. The minimum Gasteiger partial charge on any atom is -0.437 e. The van der Waals surface area contributed by atoms with Gasteiger partial charge in [-0.3, -0.25) is 0 Å². The van der Waals surface area contributed by atoms with E-state index in [4.69, 9.17) is 10.5 Å². The maximum Gasteiger partial charge on any atom is 0.364 e. The summed E-state index contributed by atoms with van der Waals surface area (Å²) in [4.78, 5) is 11.4. The molecule has 3 N–H and O–H groups in total. The second-order valence-corrected chi connectivity index (χ2v) is 4.04. The molecule has 0 amide bonds. The lowest BCUT2D eigenvalue weighted by molar-refractivity contribution is 0.448. The highest BCUT2D eigenvalue weighted by atomic mass is 16.5. The van der Waals surface area contributed by atoms with Crippen molar-refractivity contribution in [2.45, 2.75) is 6.92 Å². The number of hydrogen-bond donors (Lipinski definition) is 2. The van der Waals surface area contributed by atoms with Crippen LogP contribution in [0.3, 0.4) is 0 Å². The Balaban J connectivity index is 2.03. The summed E-state index contributed by atoms with van der Waals surface area (Å²) < 4.78 is 6.77. The Morgan fingerprint density at radius 3 is 3.00 bits per heavy atom. The molecule has 0 spiro atoms. The van der Waals surface area contributed by atoms with Crippen molar-refractivity contribution in [3.63, 3.8) is 0 Å². The standard InChI is InChI=1S/C12H11N5O2/c1-7-8(13)3-2-4-9(7)19-11-6-5-10-14-15-12(18)17(10)16-11/h2-6H,13H2,1H3,(H,15,18). The number of nitrogens with two attached hydrogens (primary N) is 1. The van der Waals surface area contributed by atoms with Crippen LogP contribution in [0.5, 0.6) is 11.6 Å². The van der Waals surface area contributed by atoms with E-state index in [2.05, 4.69) is 15.3 Å². The molecule has 7 nitrogen and oxygen atoms in total. The minimum absolute atomic E-state index is 0.296. The lowest BCUT2D eigenvalue weighted by Gasteiger charge is -2.09. The zero-order valence-electron chi connectivity index (χ0n) is 10.1. The second-order valence-electron chi connectivity index (χ2n) is 4.04. The van der Waals surface area contributed by atoms with Crippen LogP contribution in [-0.4, -0.2) is 19.8 Å². The van der Waals surface area contributed by atoms with Gasteiger partial charge in [0.05, 0.1) is 0 Å². The number of hydrogen-bond acceptors (Lipinski definition) is 5. The summed E-state index contributed by atoms with van der Waals surface area (Å²) in [6, 6.07) is 8.65. The van der Waals surface area contributed by atoms with E-state index in [0.717, 1.165) is 10.1 Å². The molecule has 0 bridgehead atoms. The number of fused-ring (bicyclic) bond motifs is 1. The molecule has 0 aliphatic carbocycles. The third-order valence-electron chi connectivity index (χ3n) is 2.79. The topological polar surface area (TPSA) is 98.3 Å². The van der Waals surface area contributed by atoms with Crippen LogP contribution < -0.4 is 16.2 Å². The Morgan fingerprint density at radius 1 is 1.32 bits per heavy atom. The quantitative estimate of drug-likeness (QED) is 0.670. The summed E-state index contributed by atoms with van der Waals surface area (Å²) in [5.74, 6) is 0.896. The molecule has 0 saturated heterocycles. The fourth-order valence-corrected chi connectivity index (χ4v) is 1.70. The number of anilines is 1. The molecule has 0 aliphatic heterocycles. The zero-order chi connectivity index (χ0) is 13.4. The van der Waals surface area contributed by atoms with Gasteiger partial charge in [-0.2, -0.15) is 9.61 Å². The van der Waals surface area contributed by atoms with Gasteiger partial charge in [0.1, 0.15) is 5.75 Å². The van der Waals surface area contributed by atoms with E-state index in [1.54, 1.807) is 30.3 Å². The van der Waals surface area contributed by atoms with Crippen LogP contribution in [0.25, 0.3) is 5.65 Å². The Bertz CT molecular complexity index is 805. The van der Waals surface area contributed by atoms with E-state index >= 15 is 0 Å². The van der Waals surface area contributed by atoms with Crippen molar-refractivity contribution in [1.82, 2.24) is 19.8 Å². The van der Waals surface area contributed by atoms with Crippen molar-refractivity contribution < 1.29 is 4.74 Å². The molecular weight excluding hydrogens is 246 g/mol. The van der Waals surface area contributed by atoms with Crippen molar-refractivity contribution in [2.24, 2.45) is 0 Å². The van der Waals surface area contributed by atoms with E-state index in [0.29, 0.717) is 23.0 Å². The molecule has 0 aliphatic rings. The number of H-pyrrole nitrogens is 1. The summed E-state index contributed by atoms with van der Waals surface area (Å²) in [6.45, 7) is 1.85. The molecule has 0 radical (unpaired) electrons. The van der Waals surface area contributed by atoms with Gasteiger partial charge in [0, 0.05) is 17.3 Å². The van der Waals surface area contributed by atoms with Crippen LogP contribution in [0.1, 0.15) is 5.56 Å². The van der Waals surface area contributed by atoms with Gasteiger partial charge >= 0.3 is 5.69 Å². The van der Waals surface area contributed by atoms with E-state index in [-0.39, 0.29) is 0 Å². The molecular formula is C12H11N5O2. The van der Waals surface area contributed by atoms with Crippen molar-refractivity contribution in [3.05, 3.63) is 46.4 Å². The van der Waals surface area contributed by atoms with Crippen LogP contribution in [0, 0.1) is 6.92 Å². The molecule has 0 fully saturated rings. The molecule has 0 unspecified atom stereocenters. The summed E-state index contributed by atoms with van der Waals surface area (Å²) in [5, 5.41) is 10.1. The monoisotopic (exact) mass is 257 g/mol. The minimum atomic E-state index is -0.412. The van der Waals surface area contributed by atoms with Crippen molar-refractivity contribution >= 4 is 11.3 Å². The first-order valence-electron chi connectivity index (χ1n) is 5.62. The average Bonchev–Trinajstić information content (AvgIpc) is 2.77. The normalized spacial score (nSPS) is 10.8. The summed E-state index contributed by atoms with van der Waals surface area (Å²) in [6.07, 6.45) is 0. The summed E-state index contributed by atoms with van der Waals surface area (Å²) in [7, 11) is 0. The van der Waals surface area contributed by atoms with Gasteiger partial charge in [0.25, 0.3) is 0 Å². The number of benzene rings is 1. The molecule has 0 saturated carbocycles. The first kappa shape index (κ1) is 11.3. The Labute approximate surface area is 107 Å². The molecule has 2 aromatic heterocycles. The third kappa shape index (κ3) is 1.90. The molecule has 1 aromatic carbocycles. The maximum atomic E-state index is 11.4. The van der Waals surface area contributed by atoms with Gasteiger partial charge in [-0.05, 0) is 25.1 Å². The lowest BCUT2D eigenvalue weighted by atomic mass is 10.2. The lowest BCUT2D eigenvalue weighted by Crippen LogP contribution is -2.12. The first-order chi connectivity index (χ1) is 9.15. The SMILES string of the molecule is Cc1c(N)cccc1Oc1ccc2n[nH]c(=O)n2n1. The highest BCUT2D eigenvalue weighted by Crippen LogP contribution is 2.26. The number of rotatable bonds is 2.